The first-order valence-electron chi connectivity index (χ1n) is 18.9. The predicted molar refractivity (Wildman–Crippen MR) is 231 cm³/mol. The fourth-order valence-electron chi connectivity index (χ4n) is 9.19. The van der Waals surface area contributed by atoms with Gasteiger partial charge in [-0.1, -0.05) is 182 Å². The van der Waals surface area contributed by atoms with E-state index in [9.17, 15) is 0 Å². The lowest BCUT2D eigenvalue weighted by Crippen LogP contribution is -2.32. The Bertz CT molecular complexity index is 2800. The van der Waals surface area contributed by atoms with Gasteiger partial charge in [0.05, 0.1) is 11.1 Å². The third-order valence-electron chi connectivity index (χ3n) is 11.5. The van der Waals surface area contributed by atoms with E-state index in [-0.39, 0.29) is 0 Å². The fourth-order valence-corrected chi connectivity index (χ4v) is 10.4. The van der Waals surface area contributed by atoms with Crippen LogP contribution >= 0.6 is 11.8 Å². The summed E-state index contributed by atoms with van der Waals surface area (Å²) in [6.07, 6.45) is 0. The van der Waals surface area contributed by atoms with E-state index < -0.39 is 5.41 Å². The van der Waals surface area contributed by atoms with Crippen molar-refractivity contribution in [3.05, 3.63) is 235 Å². The second-order valence-corrected chi connectivity index (χ2v) is 15.5. The number of hydrogen-bond donors (Lipinski definition) is 0. The van der Waals surface area contributed by atoms with Crippen molar-refractivity contribution in [2.45, 2.75) is 15.2 Å². The van der Waals surface area contributed by atoms with Gasteiger partial charge in [0.2, 0.25) is 0 Å². The maximum absolute atomic E-state index is 2.46. The van der Waals surface area contributed by atoms with Crippen LogP contribution in [-0.2, 0) is 5.41 Å². The second kappa shape index (κ2) is 12.8. The summed E-state index contributed by atoms with van der Waals surface area (Å²) in [5, 5.41) is 2.57. The van der Waals surface area contributed by atoms with Crippen LogP contribution in [0.1, 0.15) is 22.3 Å². The highest BCUT2D eigenvalue weighted by Gasteiger charge is 2.51. The van der Waals surface area contributed by atoms with Gasteiger partial charge < -0.3 is 4.90 Å². The first-order chi connectivity index (χ1) is 27.3. The Morgan fingerprint density at radius 2 is 0.909 bits per heavy atom. The van der Waals surface area contributed by atoms with Crippen molar-refractivity contribution < 1.29 is 0 Å². The van der Waals surface area contributed by atoms with E-state index in [0.29, 0.717) is 0 Å². The van der Waals surface area contributed by atoms with Crippen LogP contribution in [0.25, 0.3) is 44.2 Å². The molecular formula is C53H35NS. The van der Waals surface area contributed by atoms with Crippen LogP contribution in [-0.4, -0.2) is 0 Å². The molecule has 0 fully saturated rings. The number of fused-ring (bicyclic) bond motifs is 11. The molecule has 0 amide bonds. The average Bonchev–Trinajstić information content (AvgIpc) is 3.55. The highest BCUT2D eigenvalue weighted by molar-refractivity contribution is 7.99. The molecule has 0 bridgehead atoms. The topological polar surface area (TPSA) is 3.24 Å². The highest BCUT2D eigenvalue weighted by atomic mass is 32.2. The predicted octanol–water partition coefficient (Wildman–Crippen LogP) is 14.5. The van der Waals surface area contributed by atoms with Gasteiger partial charge >= 0.3 is 0 Å². The molecule has 1 unspecified atom stereocenters. The van der Waals surface area contributed by atoms with Crippen molar-refractivity contribution in [2.24, 2.45) is 0 Å². The third kappa shape index (κ3) is 4.88. The Hall–Kier alpha value is -6.61. The molecule has 2 aliphatic rings. The molecule has 0 saturated heterocycles. The van der Waals surface area contributed by atoms with Gasteiger partial charge in [-0.2, -0.15) is 0 Å². The van der Waals surface area contributed by atoms with E-state index in [2.05, 4.69) is 217 Å². The fraction of sp³-hybridized carbons (Fsp3) is 0.0189. The van der Waals surface area contributed by atoms with E-state index in [0.717, 1.165) is 11.4 Å². The molecule has 9 aromatic rings. The van der Waals surface area contributed by atoms with E-state index >= 15 is 0 Å². The van der Waals surface area contributed by atoms with E-state index in [4.69, 9.17) is 0 Å². The van der Waals surface area contributed by atoms with Gasteiger partial charge in [0.15, 0.2) is 0 Å². The van der Waals surface area contributed by atoms with Crippen LogP contribution in [0.15, 0.2) is 222 Å². The van der Waals surface area contributed by atoms with E-state index in [1.54, 1.807) is 0 Å². The van der Waals surface area contributed by atoms with Crippen LogP contribution in [0.4, 0.5) is 17.1 Å². The minimum Gasteiger partial charge on any atom is -0.310 e. The van der Waals surface area contributed by atoms with Gasteiger partial charge in [-0.15, -0.1) is 0 Å². The molecule has 0 aromatic heterocycles. The monoisotopic (exact) mass is 717 g/mol. The van der Waals surface area contributed by atoms with Gasteiger partial charge in [0.25, 0.3) is 0 Å². The normalized spacial score (nSPS) is 14.9. The average molecular weight is 718 g/mol. The Kier molecular flexibility index (Phi) is 7.40. The summed E-state index contributed by atoms with van der Waals surface area (Å²) in [6.45, 7) is 0. The number of nitrogens with zero attached hydrogens (tertiary/aromatic N) is 1. The summed E-state index contributed by atoms with van der Waals surface area (Å²) in [7, 11) is 0. The van der Waals surface area contributed by atoms with Gasteiger partial charge in [0.1, 0.15) is 0 Å². The van der Waals surface area contributed by atoms with Gasteiger partial charge in [-0.3, -0.25) is 0 Å². The lowest BCUT2D eigenvalue weighted by Gasteiger charge is -2.40. The number of anilines is 3. The maximum atomic E-state index is 2.46. The molecule has 1 heterocycles. The van der Waals surface area contributed by atoms with Crippen molar-refractivity contribution >= 4 is 39.6 Å². The molecule has 55 heavy (non-hydrogen) atoms. The van der Waals surface area contributed by atoms with Crippen molar-refractivity contribution in [3.63, 3.8) is 0 Å². The summed E-state index contributed by atoms with van der Waals surface area (Å²) >= 11 is 1.90. The number of rotatable bonds is 5. The van der Waals surface area contributed by atoms with Gasteiger partial charge in [-0.25, -0.2) is 0 Å². The Balaban J connectivity index is 1.19. The molecule has 0 radical (unpaired) electrons. The van der Waals surface area contributed by atoms with Gasteiger partial charge in [0, 0.05) is 26.7 Å². The van der Waals surface area contributed by atoms with E-state index in [1.807, 2.05) is 11.8 Å². The van der Waals surface area contributed by atoms with Crippen molar-refractivity contribution in [2.75, 3.05) is 4.90 Å². The van der Waals surface area contributed by atoms with Crippen LogP contribution in [0.3, 0.4) is 0 Å². The Labute approximate surface area is 326 Å². The van der Waals surface area contributed by atoms with Crippen LogP contribution in [0.5, 0.6) is 0 Å². The Morgan fingerprint density at radius 1 is 0.364 bits per heavy atom. The summed E-state index contributed by atoms with van der Waals surface area (Å²) in [4.78, 5) is 5.09. The standard InChI is InChI=1S/C53H35NS/c1-3-14-36(15-4-1)38-26-31-41(32-27-38)54(42-33-28-39(29-34-42)37-16-5-2-6-17-37)48-24-13-23-47-51(48)44-20-9-10-21-45(44)53(47)46-22-11-12-25-49(46)55-50-35-30-40-18-7-8-19-43(40)52(50)53/h1-35H. The molecular weight excluding hydrogens is 683 g/mol. The lowest BCUT2D eigenvalue weighted by atomic mass is 9.66. The highest BCUT2D eigenvalue weighted by Crippen LogP contribution is 2.65. The number of benzene rings is 9. The summed E-state index contributed by atoms with van der Waals surface area (Å²) in [6, 6.07) is 78.2. The Morgan fingerprint density at radius 3 is 1.60 bits per heavy atom. The van der Waals surface area contributed by atoms with Crippen molar-refractivity contribution in [1.82, 2.24) is 0 Å². The summed E-state index contributed by atoms with van der Waals surface area (Å²) in [5.74, 6) is 0. The number of hydrogen-bond acceptors (Lipinski definition) is 2. The molecule has 1 aliphatic carbocycles. The van der Waals surface area contributed by atoms with Crippen molar-refractivity contribution in [1.29, 1.82) is 0 Å². The molecule has 1 aliphatic heterocycles. The zero-order chi connectivity index (χ0) is 36.3. The molecule has 9 aromatic carbocycles. The first kappa shape index (κ1) is 31.9. The van der Waals surface area contributed by atoms with Gasteiger partial charge in [-0.05, 0) is 103 Å². The smallest absolute Gasteiger partial charge is 0.0742 e. The zero-order valence-corrected chi connectivity index (χ0v) is 30.9. The second-order valence-electron chi connectivity index (χ2n) is 14.4. The third-order valence-corrected chi connectivity index (χ3v) is 12.7. The lowest BCUT2D eigenvalue weighted by molar-refractivity contribution is 0.730. The molecule has 1 spiro atoms. The van der Waals surface area contributed by atoms with Crippen molar-refractivity contribution in [3.8, 4) is 33.4 Å². The largest absolute Gasteiger partial charge is 0.310 e. The molecule has 0 saturated carbocycles. The first-order valence-corrected chi connectivity index (χ1v) is 19.7. The molecule has 0 N–H and O–H groups in total. The molecule has 258 valence electrons. The molecule has 11 rings (SSSR count). The summed E-state index contributed by atoms with van der Waals surface area (Å²) < 4.78 is 0. The van der Waals surface area contributed by atoms with Crippen LogP contribution < -0.4 is 4.90 Å². The maximum Gasteiger partial charge on any atom is 0.0742 e. The minimum absolute atomic E-state index is 0.500. The quantitative estimate of drug-likeness (QED) is 0.174. The molecule has 1 atom stereocenters. The van der Waals surface area contributed by atoms with E-state index in [1.165, 1.54) is 81.9 Å². The molecule has 2 heteroatoms. The summed E-state index contributed by atoms with van der Waals surface area (Å²) in [5.41, 5.74) is 15.7. The van der Waals surface area contributed by atoms with Crippen LogP contribution in [0, 0.1) is 0 Å². The SMILES string of the molecule is c1ccc(-c2ccc(N(c3ccc(-c4ccccc4)cc3)c3cccc4c3-c3ccccc3C43c4ccccc4Sc4ccc5ccccc5c43)cc2)cc1. The zero-order valence-electron chi connectivity index (χ0n) is 30.1. The van der Waals surface area contributed by atoms with Crippen LogP contribution in [0.2, 0.25) is 0 Å². The molecule has 1 nitrogen and oxygen atoms in total. The minimum atomic E-state index is -0.500.